The fraction of sp³-hybridized carbons (Fsp3) is 0.423. The highest BCUT2D eigenvalue weighted by atomic mass is 32.2. The van der Waals surface area contributed by atoms with Crippen molar-refractivity contribution in [3.05, 3.63) is 71.5 Å². The number of Topliss-reactive ketones (excluding diaryl/α,β-unsaturated/α-hetero) is 1. The lowest BCUT2D eigenvalue weighted by atomic mass is 9.94. The average molecular weight is 471 g/mol. The molecule has 0 amide bonds. The number of nitrogens with zero attached hydrogens (tertiary/aromatic N) is 2. The zero-order valence-corrected chi connectivity index (χ0v) is 19.6. The van der Waals surface area contributed by atoms with Crippen molar-refractivity contribution in [1.82, 2.24) is 4.90 Å². The lowest BCUT2D eigenvalue weighted by Gasteiger charge is -2.36. The standard InChI is InChI=1S/C26H31FN2O3S/c27-22-15-13-20(14-16-22)19-29(23-10-5-2-6-11-23)26(28-18-25(31)32)33-17-7-12-24(30)21-8-3-1-4-9-21/h1,3-4,8-9,13-16,23H,2,5-7,10-12,17-19H2,(H,31,32). The molecule has 0 heterocycles. The molecule has 2 aromatic carbocycles. The maximum atomic E-state index is 13.4. The quantitative estimate of drug-likeness (QED) is 0.206. The van der Waals surface area contributed by atoms with Crippen LogP contribution in [0.3, 0.4) is 0 Å². The monoisotopic (exact) mass is 470 g/mol. The van der Waals surface area contributed by atoms with Crippen molar-refractivity contribution in [2.45, 2.75) is 57.5 Å². The van der Waals surface area contributed by atoms with Crippen LogP contribution in [0.15, 0.2) is 59.6 Å². The number of aliphatic imine (C=N–C) groups is 1. The van der Waals surface area contributed by atoms with Gasteiger partial charge in [-0.15, -0.1) is 0 Å². The third-order valence-electron chi connectivity index (χ3n) is 5.75. The molecule has 0 spiro atoms. The van der Waals surface area contributed by atoms with E-state index >= 15 is 0 Å². The highest BCUT2D eigenvalue weighted by Gasteiger charge is 2.25. The van der Waals surface area contributed by atoms with Crippen LogP contribution in [0.25, 0.3) is 0 Å². The molecule has 0 radical (unpaired) electrons. The first kappa shape index (κ1) is 25.0. The second-order valence-corrected chi connectivity index (χ2v) is 9.34. The Bertz CT molecular complexity index is 928. The zero-order valence-electron chi connectivity index (χ0n) is 18.8. The van der Waals surface area contributed by atoms with Gasteiger partial charge in [-0.25, -0.2) is 4.39 Å². The molecule has 1 N–H and O–H groups in total. The summed E-state index contributed by atoms with van der Waals surface area (Å²) in [6, 6.07) is 16.0. The number of aliphatic carboxylic acids is 1. The largest absolute Gasteiger partial charge is 0.480 e. The number of carbonyl (C=O) groups is 2. The van der Waals surface area contributed by atoms with Gasteiger partial charge in [-0.3, -0.25) is 14.6 Å². The zero-order chi connectivity index (χ0) is 23.5. The summed E-state index contributed by atoms with van der Waals surface area (Å²) < 4.78 is 13.4. The lowest BCUT2D eigenvalue weighted by Crippen LogP contribution is -2.40. The number of hydrogen-bond donors (Lipinski definition) is 1. The number of carbonyl (C=O) groups excluding carboxylic acids is 1. The lowest BCUT2D eigenvalue weighted by molar-refractivity contribution is -0.135. The molecule has 1 saturated carbocycles. The smallest absolute Gasteiger partial charge is 0.325 e. The highest BCUT2D eigenvalue weighted by Crippen LogP contribution is 2.28. The van der Waals surface area contributed by atoms with Gasteiger partial charge >= 0.3 is 5.97 Å². The molecule has 33 heavy (non-hydrogen) atoms. The van der Waals surface area contributed by atoms with Crippen LogP contribution < -0.4 is 0 Å². The van der Waals surface area contributed by atoms with E-state index in [-0.39, 0.29) is 24.2 Å². The Morgan fingerprint density at radius 2 is 1.73 bits per heavy atom. The number of thioether (sulfide) groups is 1. The molecule has 5 nitrogen and oxygen atoms in total. The third-order valence-corrected chi connectivity index (χ3v) is 6.87. The van der Waals surface area contributed by atoms with Gasteiger partial charge < -0.3 is 10.0 Å². The van der Waals surface area contributed by atoms with E-state index in [4.69, 9.17) is 0 Å². The number of ketones is 1. The minimum Gasteiger partial charge on any atom is -0.480 e. The number of rotatable bonds is 10. The van der Waals surface area contributed by atoms with Gasteiger partial charge in [0, 0.05) is 30.3 Å². The van der Waals surface area contributed by atoms with Gasteiger partial charge in [0.2, 0.25) is 0 Å². The predicted octanol–water partition coefficient (Wildman–Crippen LogP) is 5.80. The number of carboxylic acid groups (broad SMARTS) is 1. The topological polar surface area (TPSA) is 70.0 Å². The van der Waals surface area contributed by atoms with Crippen LogP contribution in [0, 0.1) is 5.82 Å². The number of benzene rings is 2. The second-order valence-electron chi connectivity index (χ2n) is 8.28. The first-order valence-corrected chi connectivity index (χ1v) is 12.5. The molecule has 3 rings (SSSR count). The third kappa shape index (κ3) is 8.31. The van der Waals surface area contributed by atoms with E-state index in [1.807, 2.05) is 30.3 Å². The van der Waals surface area contributed by atoms with E-state index in [2.05, 4.69) is 9.89 Å². The van der Waals surface area contributed by atoms with Crippen LogP contribution in [-0.2, 0) is 11.3 Å². The van der Waals surface area contributed by atoms with Gasteiger partial charge in [0.15, 0.2) is 11.0 Å². The minimum absolute atomic E-state index is 0.107. The van der Waals surface area contributed by atoms with Crippen molar-refractivity contribution in [3.8, 4) is 0 Å². The Balaban J connectivity index is 1.69. The molecule has 0 bridgehead atoms. The van der Waals surface area contributed by atoms with Crippen molar-refractivity contribution >= 4 is 28.7 Å². The molecule has 0 saturated heterocycles. The van der Waals surface area contributed by atoms with E-state index in [9.17, 15) is 19.1 Å². The first-order chi connectivity index (χ1) is 16.0. The molecule has 0 aliphatic heterocycles. The van der Waals surface area contributed by atoms with Crippen LogP contribution in [0.2, 0.25) is 0 Å². The molecular weight excluding hydrogens is 439 g/mol. The molecule has 1 aliphatic rings. The van der Waals surface area contributed by atoms with Crippen molar-refractivity contribution in [2.24, 2.45) is 4.99 Å². The fourth-order valence-corrected chi connectivity index (χ4v) is 5.06. The number of hydrogen-bond acceptors (Lipinski definition) is 4. The van der Waals surface area contributed by atoms with Crippen LogP contribution in [0.5, 0.6) is 0 Å². The van der Waals surface area contributed by atoms with Gasteiger partial charge in [-0.2, -0.15) is 0 Å². The number of amidine groups is 1. The van der Waals surface area contributed by atoms with E-state index < -0.39 is 5.97 Å². The summed E-state index contributed by atoms with van der Waals surface area (Å²) in [6.45, 7) is 0.261. The van der Waals surface area contributed by atoms with Crippen LogP contribution in [0.1, 0.15) is 60.9 Å². The SMILES string of the molecule is O=C(O)CN=C(SCCCC(=O)c1ccccc1)N(Cc1ccc(F)cc1)C1CCCCC1. The fourth-order valence-electron chi connectivity index (χ4n) is 4.05. The summed E-state index contributed by atoms with van der Waals surface area (Å²) >= 11 is 1.51. The van der Waals surface area contributed by atoms with Gasteiger partial charge in [-0.1, -0.05) is 73.5 Å². The minimum atomic E-state index is -0.974. The molecule has 176 valence electrons. The molecule has 7 heteroatoms. The number of halogens is 1. The van der Waals surface area contributed by atoms with E-state index in [1.165, 1.54) is 30.3 Å². The Morgan fingerprint density at radius 3 is 2.39 bits per heavy atom. The maximum absolute atomic E-state index is 13.4. The highest BCUT2D eigenvalue weighted by molar-refractivity contribution is 8.13. The van der Waals surface area contributed by atoms with Gasteiger partial charge in [0.25, 0.3) is 0 Å². The summed E-state index contributed by atoms with van der Waals surface area (Å²) in [7, 11) is 0. The maximum Gasteiger partial charge on any atom is 0.325 e. The first-order valence-electron chi connectivity index (χ1n) is 11.5. The number of carboxylic acids is 1. The van der Waals surface area contributed by atoms with E-state index in [1.54, 1.807) is 12.1 Å². The molecule has 0 atom stereocenters. The Labute approximate surface area is 199 Å². The summed E-state index contributed by atoms with van der Waals surface area (Å²) in [4.78, 5) is 30.3. The predicted molar refractivity (Wildman–Crippen MR) is 131 cm³/mol. The summed E-state index contributed by atoms with van der Waals surface area (Å²) in [5.74, 6) is -0.475. The van der Waals surface area contributed by atoms with Crippen LogP contribution in [0.4, 0.5) is 4.39 Å². The average Bonchev–Trinajstić information content (AvgIpc) is 2.84. The van der Waals surface area contributed by atoms with E-state index in [0.717, 1.165) is 31.2 Å². The Morgan fingerprint density at radius 1 is 1.03 bits per heavy atom. The van der Waals surface area contributed by atoms with Crippen molar-refractivity contribution in [3.63, 3.8) is 0 Å². The molecule has 2 aromatic rings. The van der Waals surface area contributed by atoms with E-state index in [0.29, 0.717) is 35.9 Å². The molecule has 0 aromatic heterocycles. The van der Waals surface area contributed by atoms with Gasteiger partial charge in [-0.05, 0) is 37.0 Å². The Hall–Kier alpha value is -2.67. The summed E-state index contributed by atoms with van der Waals surface area (Å²) in [5.41, 5.74) is 1.67. The van der Waals surface area contributed by atoms with Crippen molar-refractivity contribution in [1.29, 1.82) is 0 Å². The molecule has 0 unspecified atom stereocenters. The molecule has 1 aliphatic carbocycles. The second kappa shape index (κ2) is 13.1. The summed E-state index contributed by atoms with van der Waals surface area (Å²) in [6.07, 6.45) is 6.64. The Kier molecular flexibility index (Phi) is 9.94. The van der Waals surface area contributed by atoms with Crippen LogP contribution >= 0.6 is 11.8 Å². The summed E-state index contributed by atoms with van der Waals surface area (Å²) in [5, 5.41) is 9.92. The molecule has 1 fully saturated rings. The van der Waals surface area contributed by atoms with Crippen molar-refractivity contribution in [2.75, 3.05) is 12.3 Å². The van der Waals surface area contributed by atoms with Gasteiger partial charge in [0.1, 0.15) is 12.4 Å². The van der Waals surface area contributed by atoms with Gasteiger partial charge in [0.05, 0.1) is 0 Å². The van der Waals surface area contributed by atoms with Crippen molar-refractivity contribution < 1.29 is 19.1 Å². The molecular formula is C26H31FN2O3S. The van der Waals surface area contributed by atoms with Crippen LogP contribution in [-0.4, -0.2) is 45.3 Å². The normalized spacial score (nSPS) is 14.8.